The van der Waals surface area contributed by atoms with Gasteiger partial charge in [-0.1, -0.05) is 26.0 Å². The molecule has 0 aliphatic rings. The predicted molar refractivity (Wildman–Crippen MR) is 99.9 cm³/mol. The standard InChI is InChI=1S/C20H26N2O2/c1-4-24-19-11-9-18(10-12-19)22-20(23)13-14-21-17-7-5-16(6-8-17)15(2)3/h5-12,15,21H,4,13-14H2,1-3H3,(H,22,23). The van der Waals surface area contributed by atoms with Crippen LogP contribution in [-0.2, 0) is 4.79 Å². The Balaban J connectivity index is 1.74. The van der Waals surface area contributed by atoms with Gasteiger partial charge in [0.15, 0.2) is 0 Å². The van der Waals surface area contributed by atoms with E-state index in [2.05, 4.69) is 48.7 Å². The summed E-state index contributed by atoms with van der Waals surface area (Å²) in [5.74, 6) is 1.33. The van der Waals surface area contributed by atoms with Crippen LogP contribution >= 0.6 is 0 Å². The zero-order valence-corrected chi connectivity index (χ0v) is 14.6. The van der Waals surface area contributed by atoms with Gasteiger partial charge in [-0.15, -0.1) is 0 Å². The summed E-state index contributed by atoms with van der Waals surface area (Å²) in [5.41, 5.74) is 3.13. The summed E-state index contributed by atoms with van der Waals surface area (Å²) in [6.45, 7) is 7.53. The maximum Gasteiger partial charge on any atom is 0.226 e. The molecule has 2 N–H and O–H groups in total. The number of benzene rings is 2. The molecule has 0 fully saturated rings. The summed E-state index contributed by atoms with van der Waals surface area (Å²) in [6, 6.07) is 15.8. The maximum absolute atomic E-state index is 12.0. The molecular formula is C20H26N2O2. The minimum absolute atomic E-state index is 0.00883. The van der Waals surface area contributed by atoms with E-state index in [-0.39, 0.29) is 5.91 Å². The molecular weight excluding hydrogens is 300 g/mol. The van der Waals surface area contributed by atoms with Crippen LogP contribution in [0.25, 0.3) is 0 Å². The third kappa shape index (κ3) is 5.61. The smallest absolute Gasteiger partial charge is 0.226 e. The first kappa shape index (κ1) is 17.9. The van der Waals surface area contributed by atoms with Gasteiger partial charge in [0.05, 0.1) is 6.61 Å². The Morgan fingerprint density at radius 3 is 2.21 bits per heavy atom. The van der Waals surface area contributed by atoms with E-state index in [1.807, 2.05) is 31.2 Å². The molecule has 0 saturated carbocycles. The second kappa shape index (κ2) is 8.96. The Kier molecular flexibility index (Phi) is 6.67. The van der Waals surface area contributed by atoms with Crippen molar-refractivity contribution in [1.29, 1.82) is 0 Å². The fourth-order valence-corrected chi connectivity index (χ4v) is 2.33. The number of rotatable bonds is 8. The zero-order valence-electron chi connectivity index (χ0n) is 14.6. The van der Waals surface area contributed by atoms with E-state index in [1.54, 1.807) is 0 Å². The van der Waals surface area contributed by atoms with Gasteiger partial charge in [0.2, 0.25) is 5.91 Å². The number of ether oxygens (including phenoxy) is 1. The van der Waals surface area contributed by atoms with E-state index in [1.165, 1.54) is 5.56 Å². The van der Waals surface area contributed by atoms with Gasteiger partial charge in [-0.05, 0) is 54.8 Å². The van der Waals surface area contributed by atoms with Crippen LogP contribution < -0.4 is 15.4 Å². The Bertz CT molecular complexity index is 634. The van der Waals surface area contributed by atoms with Gasteiger partial charge in [-0.2, -0.15) is 0 Å². The molecule has 0 saturated heterocycles. The monoisotopic (exact) mass is 326 g/mol. The highest BCUT2D eigenvalue weighted by Crippen LogP contribution is 2.17. The van der Waals surface area contributed by atoms with E-state index < -0.39 is 0 Å². The molecule has 0 unspecified atom stereocenters. The van der Waals surface area contributed by atoms with Gasteiger partial charge in [-0.25, -0.2) is 0 Å². The molecule has 2 rings (SSSR count). The summed E-state index contributed by atoms with van der Waals surface area (Å²) >= 11 is 0. The third-order valence-corrected chi connectivity index (χ3v) is 3.71. The lowest BCUT2D eigenvalue weighted by molar-refractivity contribution is -0.115. The number of carbonyl (C=O) groups excluding carboxylic acids is 1. The first-order chi connectivity index (χ1) is 11.6. The van der Waals surface area contributed by atoms with Gasteiger partial charge < -0.3 is 15.4 Å². The average Bonchev–Trinajstić information content (AvgIpc) is 2.57. The third-order valence-electron chi connectivity index (χ3n) is 3.71. The molecule has 128 valence electrons. The van der Waals surface area contributed by atoms with Gasteiger partial charge >= 0.3 is 0 Å². The van der Waals surface area contributed by atoms with Crippen molar-refractivity contribution >= 4 is 17.3 Å². The van der Waals surface area contributed by atoms with Crippen molar-refractivity contribution in [1.82, 2.24) is 0 Å². The van der Waals surface area contributed by atoms with Crippen molar-refractivity contribution in [2.24, 2.45) is 0 Å². The summed E-state index contributed by atoms with van der Waals surface area (Å²) in [6.07, 6.45) is 0.416. The SMILES string of the molecule is CCOc1ccc(NC(=O)CCNc2ccc(C(C)C)cc2)cc1. The molecule has 2 aromatic carbocycles. The summed E-state index contributed by atoms with van der Waals surface area (Å²) in [4.78, 5) is 12.0. The minimum Gasteiger partial charge on any atom is -0.494 e. The Hall–Kier alpha value is -2.49. The van der Waals surface area contributed by atoms with Crippen LogP contribution in [0.15, 0.2) is 48.5 Å². The van der Waals surface area contributed by atoms with Crippen molar-refractivity contribution in [3.05, 3.63) is 54.1 Å². The lowest BCUT2D eigenvalue weighted by atomic mass is 10.0. The fraction of sp³-hybridized carbons (Fsp3) is 0.350. The predicted octanol–water partition coefficient (Wildman–Crippen LogP) is 4.65. The molecule has 24 heavy (non-hydrogen) atoms. The van der Waals surface area contributed by atoms with E-state index in [0.29, 0.717) is 25.5 Å². The fourth-order valence-electron chi connectivity index (χ4n) is 2.33. The molecule has 0 heterocycles. The van der Waals surface area contributed by atoms with Crippen LogP contribution in [0.5, 0.6) is 5.75 Å². The summed E-state index contributed by atoms with van der Waals surface area (Å²) in [7, 11) is 0. The molecule has 0 spiro atoms. The van der Waals surface area contributed by atoms with Gasteiger partial charge in [0.25, 0.3) is 0 Å². The molecule has 2 aromatic rings. The largest absolute Gasteiger partial charge is 0.494 e. The minimum atomic E-state index is -0.00883. The molecule has 4 heteroatoms. The van der Waals surface area contributed by atoms with Crippen molar-refractivity contribution in [2.45, 2.75) is 33.1 Å². The molecule has 0 aliphatic carbocycles. The Morgan fingerprint density at radius 2 is 1.62 bits per heavy atom. The van der Waals surface area contributed by atoms with Crippen LogP contribution in [0, 0.1) is 0 Å². The maximum atomic E-state index is 12.0. The van der Waals surface area contributed by atoms with Gasteiger partial charge in [0.1, 0.15) is 5.75 Å². The molecule has 0 aliphatic heterocycles. The summed E-state index contributed by atoms with van der Waals surface area (Å²) in [5, 5.41) is 6.16. The lowest BCUT2D eigenvalue weighted by Gasteiger charge is -2.10. The number of nitrogens with one attached hydrogen (secondary N) is 2. The number of hydrogen-bond acceptors (Lipinski definition) is 3. The quantitative estimate of drug-likeness (QED) is 0.742. The molecule has 0 aromatic heterocycles. The normalized spacial score (nSPS) is 10.5. The average molecular weight is 326 g/mol. The van der Waals surface area contributed by atoms with E-state index in [0.717, 1.165) is 17.1 Å². The van der Waals surface area contributed by atoms with E-state index in [4.69, 9.17) is 4.74 Å². The van der Waals surface area contributed by atoms with Crippen molar-refractivity contribution in [3.8, 4) is 5.75 Å². The van der Waals surface area contributed by atoms with Crippen molar-refractivity contribution < 1.29 is 9.53 Å². The highest BCUT2D eigenvalue weighted by atomic mass is 16.5. The van der Waals surface area contributed by atoms with Crippen LogP contribution in [0.2, 0.25) is 0 Å². The van der Waals surface area contributed by atoms with Crippen LogP contribution in [0.3, 0.4) is 0 Å². The second-order valence-electron chi connectivity index (χ2n) is 5.96. The van der Waals surface area contributed by atoms with Crippen molar-refractivity contribution in [3.63, 3.8) is 0 Å². The number of hydrogen-bond donors (Lipinski definition) is 2. The molecule has 4 nitrogen and oxygen atoms in total. The second-order valence-corrected chi connectivity index (χ2v) is 5.96. The van der Waals surface area contributed by atoms with Crippen LogP contribution in [0.4, 0.5) is 11.4 Å². The van der Waals surface area contributed by atoms with Crippen LogP contribution in [0.1, 0.15) is 38.7 Å². The molecule has 1 amide bonds. The Morgan fingerprint density at radius 1 is 1.00 bits per heavy atom. The van der Waals surface area contributed by atoms with E-state index in [9.17, 15) is 4.79 Å². The van der Waals surface area contributed by atoms with Crippen LogP contribution in [-0.4, -0.2) is 19.1 Å². The topological polar surface area (TPSA) is 50.4 Å². The first-order valence-electron chi connectivity index (χ1n) is 8.45. The highest BCUT2D eigenvalue weighted by Gasteiger charge is 2.03. The van der Waals surface area contributed by atoms with Gasteiger partial charge in [-0.3, -0.25) is 4.79 Å². The first-order valence-corrected chi connectivity index (χ1v) is 8.45. The molecule has 0 bridgehead atoms. The number of amides is 1. The van der Waals surface area contributed by atoms with E-state index >= 15 is 0 Å². The van der Waals surface area contributed by atoms with Crippen molar-refractivity contribution in [2.75, 3.05) is 23.8 Å². The Labute approximate surface area is 144 Å². The molecule has 0 radical (unpaired) electrons. The highest BCUT2D eigenvalue weighted by molar-refractivity contribution is 5.91. The zero-order chi connectivity index (χ0) is 17.4. The van der Waals surface area contributed by atoms with Gasteiger partial charge in [0, 0.05) is 24.3 Å². The summed E-state index contributed by atoms with van der Waals surface area (Å²) < 4.78 is 5.38. The molecule has 0 atom stereocenters. The lowest BCUT2D eigenvalue weighted by Crippen LogP contribution is -2.16. The number of anilines is 2. The number of carbonyl (C=O) groups is 1.